The van der Waals surface area contributed by atoms with Crippen molar-refractivity contribution in [3.63, 3.8) is 0 Å². The van der Waals surface area contributed by atoms with Crippen molar-refractivity contribution in [3.05, 3.63) is 228 Å². The van der Waals surface area contributed by atoms with E-state index < -0.39 is 26.0 Å². The number of fused-ring (bicyclic) bond motifs is 1. The molecule has 11 rings (SSSR count). The van der Waals surface area contributed by atoms with Gasteiger partial charge in [-0.15, -0.1) is 0 Å². The number of carbonyl (C=O) groups excluding carboxylic acids is 3. The maximum absolute atomic E-state index is 12.9. The van der Waals surface area contributed by atoms with E-state index >= 15 is 0 Å². The van der Waals surface area contributed by atoms with E-state index in [1.165, 1.54) is 31.8 Å². The number of carbonyl (C=O) groups is 4. The Hall–Kier alpha value is -9.53. The number of aromatic nitrogens is 10. The third kappa shape index (κ3) is 17.5. The summed E-state index contributed by atoms with van der Waals surface area (Å²) in [6.07, 6.45) is 15.2. The third-order valence-electron chi connectivity index (χ3n) is 12.1. The van der Waals surface area contributed by atoms with Crippen molar-refractivity contribution in [2.45, 2.75) is 38.4 Å². The molecule has 81 heavy (non-hydrogen) atoms. The Morgan fingerprint density at radius 3 is 1.36 bits per heavy atom. The van der Waals surface area contributed by atoms with Gasteiger partial charge in [0.1, 0.15) is 36.7 Å². The molecule has 20 heteroatoms. The van der Waals surface area contributed by atoms with Crippen LogP contribution < -0.4 is 5.32 Å². The molecule has 0 atom stereocenters. The highest BCUT2D eigenvalue weighted by Gasteiger charge is 2.27. The molecule has 1 amide bonds. The predicted molar refractivity (Wildman–Crippen MR) is 315 cm³/mol. The van der Waals surface area contributed by atoms with Crippen molar-refractivity contribution in [2.24, 2.45) is 0 Å². The van der Waals surface area contributed by atoms with Crippen LogP contribution in [0, 0.1) is 0 Å². The van der Waals surface area contributed by atoms with E-state index in [4.69, 9.17) is 10.1 Å². The van der Waals surface area contributed by atoms with Crippen LogP contribution in [0.3, 0.4) is 0 Å². The number of nitrogens with one attached hydrogen (secondary N) is 1. The molecule has 18 nitrogen and oxygen atoms in total. The van der Waals surface area contributed by atoms with Crippen molar-refractivity contribution in [2.75, 3.05) is 27.3 Å². The average Bonchev–Trinajstić information content (AvgIpc) is 4.05. The van der Waals surface area contributed by atoms with E-state index in [1.54, 1.807) is 73.6 Å². The molecule has 10 aromatic rings. The fraction of sp³-hybridized carbons (Fsp3) is 0.164. The number of hydrogen-bond acceptors (Lipinski definition) is 15. The molecule has 9 aromatic heterocycles. The lowest BCUT2D eigenvalue weighted by atomic mass is 9.96. The zero-order valence-corrected chi connectivity index (χ0v) is 47.7. The minimum absolute atomic E-state index is 0.0133. The van der Waals surface area contributed by atoms with E-state index in [0.29, 0.717) is 36.1 Å². The van der Waals surface area contributed by atoms with Gasteiger partial charge in [-0.05, 0) is 138 Å². The van der Waals surface area contributed by atoms with Gasteiger partial charge in [0.15, 0.2) is 0 Å². The molecule has 0 unspecified atom stereocenters. The van der Waals surface area contributed by atoms with Crippen LogP contribution >= 0.6 is 15.9 Å². The highest BCUT2D eigenvalue weighted by Crippen LogP contribution is 2.29. The predicted octanol–water partition coefficient (Wildman–Crippen LogP) is 11.1. The van der Waals surface area contributed by atoms with Crippen LogP contribution in [0.1, 0.15) is 66.5 Å². The second-order valence-corrected chi connectivity index (χ2v) is 24.7. The molecular weight excluding hydrogens is 1110 g/mol. The Labute approximate surface area is 478 Å². The van der Waals surface area contributed by atoms with Gasteiger partial charge in [0.2, 0.25) is 0 Å². The second-order valence-electron chi connectivity index (χ2n) is 18.8. The number of piperidine rings is 1. The number of methoxy groups -OCH3 is 2. The van der Waals surface area contributed by atoms with Crippen LogP contribution in [0.2, 0.25) is 19.6 Å². The van der Waals surface area contributed by atoms with Gasteiger partial charge in [0, 0.05) is 95.1 Å². The Bertz CT molecular complexity index is 3540. The first-order chi connectivity index (χ1) is 39.2. The van der Waals surface area contributed by atoms with E-state index in [-0.39, 0.29) is 11.6 Å². The number of halogens is 1. The van der Waals surface area contributed by atoms with Crippen LogP contribution in [-0.4, -0.2) is 119 Å². The molecule has 0 saturated carbocycles. The number of aromatic amines is 1. The van der Waals surface area contributed by atoms with Crippen LogP contribution in [-0.2, 0) is 9.47 Å². The minimum atomic E-state index is -1.14. The molecule has 1 saturated heterocycles. The molecule has 0 spiro atoms. The summed E-state index contributed by atoms with van der Waals surface area (Å²) in [5, 5.41) is 9.96. The number of esters is 2. The number of likely N-dealkylation sites (tertiary alicyclic amines) is 1. The van der Waals surface area contributed by atoms with Crippen LogP contribution in [0.25, 0.3) is 44.8 Å². The third-order valence-corrected chi connectivity index (χ3v) is 14.4. The highest BCUT2D eigenvalue weighted by atomic mass is 79.9. The van der Waals surface area contributed by atoms with Gasteiger partial charge in [-0.1, -0.05) is 56.0 Å². The number of benzene rings is 1. The molecule has 2 N–H and O–H groups in total. The number of nitrogens with zero attached hydrogens (tertiary/aromatic N) is 10. The Balaban J connectivity index is 0.000000156. The van der Waals surface area contributed by atoms with Gasteiger partial charge in [-0.25, -0.2) is 34.3 Å². The summed E-state index contributed by atoms with van der Waals surface area (Å²) in [7, 11) is 1.51. The van der Waals surface area contributed by atoms with Crippen molar-refractivity contribution < 1.29 is 33.8 Å². The maximum atomic E-state index is 12.9. The van der Waals surface area contributed by atoms with Gasteiger partial charge in [0.25, 0.3) is 5.91 Å². The molecule has 410 valence electrons. The number of para-hydroxylation sites is 2. The van der Waals surface area contributed by atoms with Gasteiger partial charge >= 0.3 is 17.9 Å². The van der Waals surface area contributed by atoms with E-state index in [2.05, 4.69) is 102 Å². The van der Waals surface area contributed by atoms with Gasteiger partial charge in [0.05, 0.1) is 42.3 Å². The van der Waals surface area contributed by atoms with Crippen molar-refractivity contribution >= 4 is 64.2 Å². The fourth-order valence-electron chi connectivity index (χ4n) is 7.81. The largest absolute Gasteiger partial charge is 0.477 e. The highest BCUT2D eigenvalue weighted by molar-refractivity contribution is 9.10. The smallest absolute Gasteiger partial charge is 0.356 e. The lowest BCUT2D eigenvalue weighted by molar-refractivity contribution is 0.0585. The van der Waals surface area contributed by atoms with E-state index in [0.717, 1.165) is 67.9 Å². The second kappa shape index (κ2) is 29.4. The zero-order valence-electron chi connectivity index (χ0n) is 45.1. The standard InChI is InChI=1S/C23H21N5O.C12H10N2O2.C11H8N2O2.C8H13NSi.C7H6BrNO2/c29-23(21-9-8-17(15-25-21)18-5-3-4-12-24-18)28-13-10-16(11-14-28)22-26-19-6-1-2-7-20(19)27-22;1-16-12(15)11-6-5-9(8-14-11)10-4-2-3-7-13-10;14-11(15)10-5-4-8(7-13-10)9-3-1-2-6-12-9;1-10(2,3)8-6-4-5-7-9-8;1-11-7(10)6-3-2-5(8)4-9-6/h1-9,12,15-16H,10-11,13-14H2,(H,26,27);2-8H,1H3;1-7H,(H,14,15);4-7H,1-3H3;2-4H,1H3. The average molecular weight is 1170 g/mol. The molecular formula is C61H58BrN11O7Si. The molecule has 1 aliphatic heterocycles. The summed E-state index contributed by atoms with van der Waals surface area (Å²) in [6, 6.07) is 44.7. The van der Waals surface area contributed by atoms with Crippen LogP contribution in [0.4, 0.5) is 0 Å². The number of amides is 1. The zero-order chi connectivity index (χ0) is 57.6. The first kappa shape index (κ1) is 59.1. The summed E-state index contributed by atoms with van der Waals surface area (Å²) in [6.45, 7) is 8.33. The Kier molecular flexibility index (Phi) is 21.5. The molecule has 1 fully saturated rings. The fourth-order valence-corrected chi connectivity index (χ4v) is 9.10. The maximum Gasteiger partial charge on any atom is 0.356 e. The minimum Gasteiger partial charge on any atom is -0.477 e. The van der Waals surface area contributed by atoms with Crippen LogP contribution in [0.5, 0.6) is 0 Å². The first-order valence-corrected chi connectivity index (χ1v) is 29.8. The summed E-state index contributed by atoms with van der Waals surface area (Å²) in [4.78, 5) is 88.5. The lowest BCUT2D eigenvalue weighted by Gasteiger charge is -2.31. The molecule has 1 aliphatic rings. The first-order valence-electron chi connectivity index (χ1n) is 25.5. The topological polar surface area (TPSA) is 242 Å². The molecule has 0 radical (unpaired) electrons. The summed E-state index contributed by atoms with van der Waals surface area (Å²) >= 11 is 3.20. The number of pyridine rings is 8. The monoisotopic (exact) mass is 1160 g/mol. The van der Waals surface area contributed by atoms with E-state index in [9.17, 15) is 19.2 Å². The van der Waals surface area contributed by atoms with Crippen molar-refractivity contribution in [3.8, 4) is 33.8 Å². The van der Waals surface area contributed by atoms with Gasteiger partial charge in [-0.2, -0.15) is 0 Å². The number of carboxylic acid groups (broad SMARTS) is 1. The number of imidazole rings is 1. The molecule has 0 bridgehead atoms. The van der Waals surface area contributed by atoms with Crippen molar-refractivity contribution in [1.29, 1.82) is 0 Å². The van der Waals surface area contributed by atoms with Crippen molar-refractivity contribution in [1.82, 2.24) is 54.7 Å². The number of rotatable bonds is 9. The summed E-state index contributed by atoms with van der Waals surface area (Å²) < 4.78 is 9.86. The quantitative estimate of drug-likeness (QED) is 0.101. The van der Waals surface area contributed by atoms with E-state index in [1.807, 2.05) is 102 Å². The number of hydrogen-bond donors (Lipinski definition) is 2. The molecule has 10 heterocycles. The molecule has 1 aromatic carbocycles. The molecule has 0 aliphatic carbocycles. The normalized spacial score (nSPS) is 11.8. The number of carboxylic acids is 1. The van der Waals surface area contributed by atoms with Crippen LogP contribution in [0.15, 0.2) is 200 Å². The number of H-pyrrole nitrogens is 1. The summed E-state index contributed by atoms with van der Waals surface area (Å²) in [5.41, 5.74) is 8.23. The van der Waals surface area contributed by atoms with Gasteiger partial charge in [-0.3, -0.25) is 29.7 Å². The Morgan fingerprint density at radius 1 is 0.531 bits per heavy atom. The number of ether oxygens (including phenoxy) is 2. The lowest BCUT2D eigenvalue weighted by Crippen LogP contribution is -2.39. The Morgan fingerprint density at radius 2 is 0.975 bits per heavy atom. The number of aromatic carboxylic acids is 1. The van der Waals surface area contributed by atoms with Gasteiger partial charge < -0.3 is 24.5 Å². The summed E-state index contributed by atoms with van der Waals surface area (Å²) in [5.74, 6) is -0.518. The SMILES string of the molecule is COC(=O)c1ccc(-c2ccccn2)cn1.COC(=O)c1ccc(Br)cn1.C[Si](C)(C)c1ccccn1.O=C(O)c1ccc(-c2ccccn2)cn1.O=C(c1ccc(-c2ccccn2)cn1)N1CCC(c2nc3ccccc3[nH]2)CC1.